The maximum atomic E-state index is 13.3. The molecule has 1 aromatic carbocycles. The number of nitrogens with one attached hydrogen (secondary N) is 1. The van der Waals surface area contributed by atoms with Gasteiger partial charge in [0.25, 0.3) is 11.5 Å². The molecule has 3 aromatic rings. The highest BCUT2D eigenvalue weighted by atomic mass is 19.1. The molecule has 0 fully saturated rings. The summed E-state index contributed by atoms with van der Waals surface area (Å²) in [5.74, 6) is -0.946. The molecule has 170 valence electrons. The number of hydrogen-bond donors (Lipinski definition) is 1. The van der Waals surface area contributed by atoms with Gasteiger partial charge in [-0.25, -0.2) is 4.39 Å². The third-order valence-corrected chi connectivity index (χ3v) is 4.47. The van der Waals surface area contributed by atoms with Gasteiger partial charge in [0, 0.05) is 19.3 Å². The number of fused-ring (bicyclic) bond motifs is 1. The van der Waals surface area contributed by atoms with E-state index in [1.807, 2.05) is 19.9 Å². The molecule has 0 aliphatic rings. The van der Waals surface area contributed by atoms with Crippen molar-refractivity contribution < 1.29 is 18.7 Å². The molecule has 1 amide bonds. The molecule has 0 spiro atoms. The van der Waals surface area contributed by atoms with E-state index in [2.05, 4.69) is 10.3 Å². The molecule has 0 unspecified atom stereocenters. The Bertz CT molecular complexity index is 1260. The number of ether oxygens (including phenoxy) is 2. The Morgan fingerprint density at radius 3 is 2.73 bits per heavy atom. The number of pyridine rings is 1. The van der Waals surface area contributed by atoms with E-state index in [-0.39, 0.29) is 28.9 Å². The third kappa shape index (κ3) is 6.24. The number of carbonyl (C=O) groups is 1. The third-order valence-electron chi connectivity index (χ3n) is 4.47. The van der Waals surface area contributed by atoms with Crippen molar-refractivity contribution in [3.8, 4) is 17.7 Å². The normalized spacial score (nSPS) is 11.4. The number of carbonyl (C=O) groups excluding carboxylic acids is 1. The largest absolute Gasteiger partial charge is 0.438 e. The van der Waals surface area contributed by atoms with Gasteiger partial charge < -0.3 is 14.8 Å². The van der Waals surface area contributed by atoms with E-state index in [0.29, 0.717) is 25.2 Å². The van der Waals surface area contributed by atoms with Crippen LogP contribution < -0.4 is 15.6 Å². The number of benzene rings is 1. The Morgan fingerprint density at radius 2 is 2.03 bits per heavy atom. The number of aromatic nitrogens is 2. The number of nitrogens with zero attached hydrogens (tertiary/aromatic N) is 3. The second-order valence-electron chi connectivity index (χ2n) is 7.32. The summed E-state index contributed by atoms with van der Waals surface area (Å²) in [4.78, 5) is 30.0. The van der Waals surface area contributed by atoms with Crippen molar-refractivity contribution in [2.75, 3.05) is 13.2 Å². The highest BCUT2D eigenvalue weighted by molar-refractivity contribution is 6.01. The first-order valence-corrected chi connectivity index (χ1v) is 10.4. The van der Waals surface area contributed by atoms with Crippen molar-refractivity contribution in [3.05, 3.63) is 76.0 Å². The van der Waals surface area contributed by atoms with Gasteiger partial charge in [0.05, 0.1) is 6.10 Å². The van der Waals surface area contributed by atoms with E-state index in [1.165, 1.54) is 34.9 Å². The van der Waals surface area contributed by atoms with E-state index < -0.39 is 17.3 Å². The van der Waals surface area contributed by atoms with Gasteiger partial charge in [0.1, 0.15) is 34.4 Å². The highest BCUT2D eigenvalue weighted by Crippen LogP contribution is 2.24. The zero-order valence-electron chi connectivity index (χ0n) is 18.2. The predicted octanol–water partition coefficient (Wildman–Crippen LogP) is 3.46. The lowest BCUT2D eigenvalue weighted by atomic mass is 10.1. The first kappa shape index (κ1) is 23.6. The molecule has 8 nitrogen and oxygen atoms in total. The molecule has 0 aliphatic carbocycles. The average Bonchev–Trinajstić information content (AvgIpc) is 2.80. The predicted molar refractivity (Wildman–Crippen MR) is 120 cm³/mol. The second-order valence-corrected chi connectivity index (χ2v) is 7.32. The first-order valence-electron chi connectivity index (χ1n) is 10.4. The van der Waals surface area contributed by atoms with Crippen LogP contribution in [0.1, 0.15) is 25.8 Å². The maximum Gasteiger partial charge on any atom is 0.269 e. The van der Waals surface area contributed by atoms with Crippen molar-refractivity contribution in [2.24, 2.45) is 0 Å². The summed E-state index contributed by atoms with van der Waals surface area (Å²) in [5, 5.41) is 12.2. The molecule has 0 saturated heterocycles. The lowest BCUT2D eigenvalue weighted by Gasteiger charge is -2.10. The summed E-state index contributed by atoms with van der Waals surface area (Å²) < 4.78 is 25.7. The first-order chi connectivity index (χ1) is 15.9. The fourth-order valence-corrected chi connectivity index (χ4v) is 2.88. The number of amides is 1. The van der Waals surface area contributed by atoms with E-state index in [1.54, 1.807) is 18.2 Å². The van der Waals surface area contributed by atoms with Crippen molar-refractivity contribution in [1.82, 2.24) is 14.7 Å². The molecular weight excluding hydrogens is 427 g/mol. The van der Waals surface area contributed by atoms with Gasteiger partial charge in [0.15, 0.2) is 0 Å². The SMILES string of the molecule is CC(C)OCCCNC(=O)/C(C#N)=C/c1c(Oc2ccc(F)cc2)nc2ccccn2c1=O. The maximum absolute atomic E-state index is 13.3. The zero-order chi connectivity index (χ0) is 23.8. The van der Waals surface area contributed by atoms with Gasteiger partial charge in [-0.05, 0) is 62.7 Å². The van der Waals surface area contributed by atoms with Crippen LogP contribution in [0.5, 0.6) is 11.6 Å². The van der Waals surface area contributed by atoms with Crippen molar-refractivity contribution in [2.45, 2.75) is 26.4 Å². The van der Waals surface area contributed by atoms with Gasteiger partial charge in [-0.1, -0.05) is 6.07 Å². The van der Waals surface area contributed by atoms with Crippen LogP contribution in [0.15, 0.2) is 59.0 Å². The summed E-state index contributed by atoms with van der Waals surface area (Å²) in [6, 6.07) is 12.0. The van der Waals surface area contributed by atoms with Crippen LogP contribution in [0, 0.1) is 17.1 Å². The van der Waals surface area contributed by atoms with Gasteiger partial charge in [-0.2, -0.15) is 10.2 Å². The Morgan fingerprint density at radius 1 is 1.27 bits per heavy atom. The smallest absolute Gasteiger partial charge is 0.269 e. The van der Waals surface area contributed by atoms with Crippen LogP contribution in [0.25, 0.3) is 11.7 Å². The lowest BCUT2D eigenvalue weighted by Crippen LogP contribution is -2.27. The van der Waals surface area contributed by atoms with Gasteiger partial charge in [-0.15, -0.1) is 0 Å². The van der Waals surface area contributed by atoms with E-state index in [0.717, 1.165) is 6.08 Å². The minimum absolute atomic E-state index is 0.0853. The van der Waals surface area contributed by atoms with Gasteiger partial charge in [-0.3, -0.25) is 14.0 Å². The summed E-state index contributed by atoms with van der Waals surface area (Å²) in [5.41, 5.74) is -0.579. The van der Waals surface area contributed by atoms with E-state index in [4.69, 9.17) is 9.47 Å². The molecule has 9 heteroatoms. The lowest BCUT2D eigenvalue weighted by molar-refractivity contribution is -0.117. The van der Waals surface area contributed by atoms with Crippen molar-refractivity contribution >= 4 is 17.6 Å². The number of nitriles is 1. The molecule has 0 atom stereocenters. The van der Waals surface area contributed by atoms with Crippen LogP contribution in [-0.4, -0.2) is 34.5 Å². The monoisotopic (exact) mass is 450 g/mol. The molecule has 1 N–H and O–H groups in total. The highest BCUT2D eigenvalue weighted by Gasteiger charge is 2.17. The number of hydrogen-bond acceptors (Lipinski definition) is 6. The van der Waals surface area contributed by atoms with E-state index in [9.17, 15) is 19.2 Å². The van der Waals surface area contributed by atoms with Crippen LogP contribution >= 0.6 is 0 Å². The molecule has 3 rings (SSSR count). The fourth-order valence-electron chi connectivity index (χ4n) is 2.88. The summed E-state index contributed by atoms with van der Waals surface area (Å²) >= 11 is 0. The average molecular weight is 450 g/mol. The summed E-state index contributed by atoms with van der Waals surface area (Å²) in [6.07, 6.45) is 3.32. The minimum Gasteiger partial charge on any atom is -0.438 e. The van der Waals surface area contributed by atoms with Crippen LogP contribution in [0.2, 0.25) is 0 Å². The number of rotatable bonds is 9. The molecule has 2 heterocycles. The second kappa shape index (κ2) is 11.0. The molecule has 0 radical (unpaired) electrons. The molecule has 0 saturated carbocycles. The minimum atomic E-state index is -0.632. The molecule has 0 bridgehead atoms. The Labute approximate surface area is 189 Å². The van der Waals surface area contributed by atoms with Gasteiger partial charge in [0.2, 0.25) is 5.88 Å². The number of halogens is 1. The summed E-state index contributed by atoms with van der Waals surface area (Å²) in [6.45, 7) is 4.60. The molecule has 2 aromatic heterocycles. The topological polar surface area (TPSA) is 106 Å². The van der Waals surface area contributed by atoms with Crippen LogP contribution in [0.3, 0.4) is 0 Å². The molecule has 0 aliphatic heterocycles. The van der Waals surface area contributed by atoms with Crippen LogP contribution in [0.4, 0.5) is 4.39 Å². The molecular formula is C24H23FN4O4. The van der Waals surface area contributed by atoms with Crippen molar-refractivity contribution in [3.63, 3.8) is 0 Å². The van der Waals surface area contributed by atoms with E-state index >= 15 is 0 Å². The summed E-state index contributed by atoms with van der Waals surface area (Å²) in [7, 11) is 0. The zero-order valence-corrected chi connectivity index (χ0v) is 18.2. The van der Waals surface area contributed by atoms with Crippen molar-refractivity contribution in [1.29, 1.82) is 5.26 Å². The van der Waals surface area contributed by atoms with Gasteiger partial charge >= 0.3 is 0 Å². The Kier molecular flexibility index (Phi) is 7.89. The quantitative estimate of drug-likeness (QED) is 0.304. The standard InChI is InChI=1S/C24H23FN4O4/c1-16(2)32-13-5-11-27-22(30)17(15-26)14-20-23(33-19-9-7-18(25)8-10-19)28-21-6-3-4-12-29(21)24(20)31/h3-4,6-10,12,14,16H,5,11,13H2,1-2H3,(H,27,30)/b17-14+. The Hall–Kier alpha value is -4.03. The molecule has 33 heavy (non-hydrogen) atoms. The fraction of sp³-hybridized carbons (Fsp3) is 0.250. The van der Waals surface area contributed by atoms with Crippen LogP contribution in [-0.2, 0) is 9.53 Å². The Balaban J connectivity index is 1.93.